The maximum absolute atomic E-state index is 13.2. The molecule has 1 unspecified atom stereocenters. The van der Waals surface area contributed by atoms with E-state index in [2.05, 4.69) is 20.4 Å². The predicted octanol–water partition coefficient (Wildman–Crippen LogP) is 2.67. The molecule has 0 spiro atoms. The number of nitrogens with one attached hydrogen (secondary N) is 1. The highest BCUT2D eigenvalue weighted by Crippen LogP contribution is 2.32. The fourth-order valence-corrected chi connectivity index (χ4v) is 3.47. The number of hydrogen-bond acceptors (Lipinski definition) is 4. The molecule has 1 saturated heterocycles. The van der Waals surface area contributed by atoms with E-state index in [-0.39, 0.29) is 11.9 Å². The van der Waals surface area contributed by atoms with Gasteiger partial charge in [0.05, 0.1) is 17.9 Å². The molecule has 0 radical (unpaired) electrons. The van der Waals surface area contributed by atoms with Crippen molar-refractivity contribution in [3.05, 3.63) is 59.9 Å². The second kappa shape index (κ2) is 6.51. The van der Waals surface area contributed by atoms with E-state index in [1.165, 1.54) is 0 Å². The van der Waals surface area contributed by atoms with E-state index in [4.69, 9.17) is 0 Å². The summed E-state index contributed by atoms with van der Waals surface area (Å²) in [6, 6.07) is 7.64. The van der Waals surface area contributed by atoms with Crippen LogP contribution in [0.15, 0.2) is 43.1 Å². The molecule has 0 aliphatic carbocycles. The van der Waals surface area contributed by atoms with Crippen LogP contribution in [0.1, 0.15) is 46.9 Å². The molecule has 3 heterocycles. The van der Waals surface area contributed by atoms with Gasteiger partial charge in [0.25, 0.3) is 5.91 Å². The molecule has 7 heteroatoms. The number of aromatic nitrogens is 5. The monoisotopic (exact) mass is 336 g/mol. The van der Waals surface area contributed by atoms with Crippen LogP contribution in [0.3, 0.4) is 0 Å². The quantitative estimate of drug-likeness (QED) is 0.797. The van der Waals surface area contributed by atoms with Gasteiger partial charge < -0.3 is 4.90 Å². The molecule has 1 aliphatic rings. The van der Waals surface area contributed by atoms with Crippen molar-refractivity contribution in [2.24, 2.45) is 0 Å². The normalized spacial score (nSPS) is 17.6. The molecule has 0 bridgehead atoms. The van der Waals surface area contributed by atoms with Crippen LogP contribution in [-0.4, -0.2) is 42.3 Å². The fourth-order valence-electron chi connectivity index (χ4n) is 3.47. The van der Waals surface area contributed by atoms with Gasteiger partial charge in [0.2, 0.25) is 0 Å². The Morgan fingerprint density at radius 2 is 2.08 bits per heavy atom. The number of amides is 1. The first-order chi connectivity index (χ1) is 12.2. The molecule has 2 aromatic heterocycles. The van der Waals surface area contributed by atoms with Gasteiger partial charge in [-0.15, -0.1) is 10.2 Å². The molecule has 1 N–H and O–H groups in total. The fraction of sp³-hybridized carbons (Fsp3) is 0.333. The zero-order valence-corrected chi connectivity index (χ0v) is 14.1. The maximum atomic E-state index is 13.2. The minimum absolute atomic E-state index is 0.0497. The number of hydrogen-bond donors (Lipinski definition) is 1. The number of H-pyrrole nitrogens is 1. The number of likely N-dealkylation sites (tertiary alicyclic amines) is 1. The molecule has 7 nitrogen and oxygen atoms in total. The lowest BCUT2D eigenvalue weighted by atomic mass is 9.96. The van der Waals surface area contributed by atoms with E-state index < -0.39 is 0 Å². The summed E-state index contributed by atoms with van der Waals surface area (Å²) >= 11 is 0. The molecule has 128 valence electrons. The Bertz CT molecular complexity index is 869. The summed E-state index contributed by atoms with van der Waals surface area (Å²) in [5, 5.41) is 14.9. The van der Waals surface area contributed by atoms with Gasteiger partial charge in [0.1, 0.15) is 12.7 Å². The Kier molecular flexibility index (Phi) is 4.05. The van der Waals surface area contributed by atoms with Crippen LogP contribution in [0.25, 0.3) is 5.69 Å². The summed E-state index contributed by atoms with van der Waals surface area (Å²) in [4.78, 5) is 15.2. The standard InChI is InChI=1S/C18H20N6O/c1-13-10-19-22-17(13)16-7-2-3-8-24(16)18(25)14-5-4-6-15(9-14)23-11-20-21-12-23/h4-6,9-12,16H,2-3,7-8H2,1H3,(H,19,22). The lowest BCUT2D eigenvalue weighted by molar-refractivity contribution is 0.0605. The summed E-state index contributed by atoms with van der Waals surface area (Å²) in [7, 11) is 0. The molecule has 3 aromatic rings. The highest BCUT2D eigenvalue weighted by atomic mass is 16.2. The lowest BCUT2D eigenvalue weighted by Crippen LogP contribution is -2.39. The van der Waals surface area contributed by atoms with E-state index in [0.717, 1.165) is 42.8 Å². The molecular formula is C18H20N6O. The lowest BCUT2D eigenvalue weighted by Gasteiger charge is -2.35. The number of piperidine rings is 1. The minimum Gasteiger partial charge on any atom is -0.330 e. The van der Waals surface area contributed by atoms with Crippen LogP contribution in [0.2, 0.25) is 0 Å². The predicted molar refractivity (Wildman–Crippen MR) is 92.3 cm³/mol. The number of carbonyl (C=O) groups excluding carboxylic acids is 1. The third kappa shape index (κ3) is 2.93. The van der Waals surface area contributed by atoms with Crippen molar-refractivity contribution in [1.82, 2.24) is 29.9 Å². The number of benzene rings is 1. The summed E-state index contributed by atoms with van der Waals surface area (Å²) in [6.45, 7) is 2.79. The zero-order chi connectivity index (χ0) is 17.2. The van der Waals surface area contributed by atoms with E-state index in [1.54, 1.807) is 17.2 Å². The summed E-state index contributed by atoms with van der Waals surface area (Å²) in [5.41, 5.74) is 3.70. The van der Waals surface area contributed by atoms with Crippen LogP contribution in [-0.2, 0) is 0 Å². The largest absolute Gasteiger partial charge is 0.330 e. The van der Waals surface area contributed by atoms with Gasteiger partial charge >= 0.3 is 0 Å². The summed E-state index contributed by atoms with van der Waals surface area (Å²) in [5.74, 6) is 0.0497. The Morgan fingerprint density at radius 1 is 1.24 bits per heavy atom. The average Bonchev–Trinajstić information content (AvgIpc) is 3.33. The van der Waals surface area contributed by atoms with Crippen LogP contribution >= 0.6 is 0 Å². The molecule has 1 fully saturated rings. The van der Waals surface area contributed by atoms with Crippen LogP contribution in [0.5, 0.6) is 0 Å². The van der Waals surface area contributed by atoms with Crippen LogP contribution in [0.4, 0.5) is 0 Å². The molecule has 1 aliphatic heterocycles. The van der Waals surface area contributed by atoms with Gasteiger partial charge in [0.15, 0.2) is 0 Å². The Morgan fingerprint density at radius 3 is 2.84 bits per heavy atom. The van der Waals surface area contributed by atoms with Crippen molar-refractivity contribution >= 4 is 5.91 Å². The number of aromatic amines is 1. The van der Waals surface area contributed by atoms with Crippen molar-refractivity contribution in [2.45, 2.75) is 32.2 Å². The molecule has 1 atom stereocenters. The SMILES string of the molecule is Cc1cn[nH]c1C1CCCCN1C(=O)c1cccc(-n2cnnc2)c1. The van der Waals surface area contributed by atoms with Crippen LogP contribution < -0.4 is 0 Å². The Hall–Kier alpha value is -2.96. The van der Waals surface area contributed by atoms with Crippen molar-refractivity contribution < 1.29 is 4.79 Å². The highest BCUT2D eigenvalue weighted by Gasteiger charge is 2.30. The third-order valence-corrected chi connectivity index (χ3v) is 4.77. The maximum Gasteiger partial charge on any atom is 0.254 e. The van der Waals surface area contributed by atoms with E-state index in [0.29, 0.717) is 5.56 Å². The van der Waals surface area contributed by atoms with E-state index in [9.17, 15) is 4.79 Å². The first kappa shape index (κ1) is 15.6. The number of nitrogens with zero attached hydrogens (tertiary/aromatic N) is 5. The molecule has 25 heavy (non-hydrogen) atoms. The van der Waals surface area contributed by atoms with Gasteiger partial charge in [-0.05, 0) is 49.9 Å². The van der Waals surface area contributed by atoms with Crippen molar-refractivity contribution in [3.63, 3.8) is 0 Å². The average molecular weight is 336 g/mol. The van der Waals surface area contributed by atoms with Gasteiger partial charge in [-0.1, -0.05) is 6.07 Å². The van der Waals surface area contributed by atoms with Crippen LogP contribution in [0, 0.1) is 6.92 Å². The second-order valence-electron chi connectivity index (χ2n) is 6.40. The topological polar surface area (TPSA) is 79.7 Å². The molecule has 1 amide bonds. The molecule has 4 rings (SSSR count). The van der Waals surface area contributed by atoms with E-state index in [1.807, 2.05) is 42.3 Å². The van der Waals surface area contributed by atoms with E-state index >= 15 is 0 Å². The van der Waals surface area contributed by atoms with Gasteiger partial charge in [-0.25, -0.2) is 0 Å². The van der Waals surface area contributed by atoms with Crippen molar-refractivity contribution in [2.75, 3.05) is 6.54 Å². The smallest absolute Gasteiger partial charge is 0.254 e. The summed E-state index contributed by atoms with van der Waals surface area (Å²) < 4.78 is 1.80. The Labute approximate surface area is 145 Å². The van der Waals surface area contributed by atoms with Gasteiger partial charge in [-0.2, -0.15) is 5.10 Å². The van der Waals surface area contributed by atoms with Gasteiger partial charge in [0, 0.05) is 17.8 Å². The zero-order valence-electron chi connectivity index (χ0n) is 14.1. The summed E-state index contributed by atoms with van der Waals surface area (Å²) in [6.07, 6.45) is 8.18. The number of rotatable bonds is 3. The third-order valence-electron chi connectivity index (χ3n) is 4.77. The first-order valence-electron chi connectivity index (χ1n) is 8.50. The highest BCUT2D eigenvalue weighted by molar-refractivity contribution is 5.95. The second-order valence-corrected chi connectivity index (χ2v) is 6.40. The van der Waals surface area contributed by atoms with Crippen molar-refractivity contribution in [3.8, 4) is 5.69 Å². The van der Waals surface area contributed by atoms with Gasteiger partial charge in [-0.3, -0.25) is 14.5 Å². The number of carbonyl (C=O) groups is 1. The number of aryl methyl sites for hydroxylation is 1. The first-order valence-corrected chi connectivity index (χ1v) is 8.50. The Balaban J connectivity index is 1.65. The molecule has 0 saturated carbocycles. The minimum atomic E-state index is 0.0497. The molecular weight excluding hydrogens is 316 g/mol. The molecule has 1 aromatic carbocycles. The van der Waals surface area contributed by atoms with Crippen molar-refractivity contribution in [1.29, 1.82) is 0 Å².